The third-order valence-corrected chi connectivity index (χ3v) is 5.20. The van der Waals surface area contributed by atoms with Crippen LogP contribution < -0.4 is 11.1 Å². The van der Waals surface area contributed by atoms with E-state index in [1.165, 1.54) is 11.3 Å². The van der Waals surface area contributed by atoms with E-state index in [1.54, 1.807) is 0 Å². The van der Waals surface area contributed by atoms with E-state index in [-0.39, 0.29) is 11.9 Å². The maximum absolute atomic E-state index is 11.9. The number of carbonyl (C=O) groups excluding carboxylic acids is 1. The van der Waals surface area contributed by atoms with Crippen LogP contribution in [-0.4, -0.2) is 27.7 Å². The first-order valence-corrected chi connectivity index (χ1v) is 7.98. The zero-order valence-electron chi connectivity index (χ0n) is 9.43. The van der Waals surface area contributed by atoms with Crippen molar-refractivity contribution in [1.82, 2.24) is 5.32 Å². The molecule has 4 nitrogen and oxygen atoms in total. The Hall–Kier alpha value is -0.720. The Balaban J connectivity index is 1.87. The molecule has 1 amide bonds. The fourth-order valence-corrected chi connectivity index (χ4v) is 3.85. The summed E-state index contributed by atoms with van der Waals surface area (Å²) in [5.74, 6) is 1.23. The molecule has 94 valence electrons. The predicted octanol–water partition coefficient (Wildman–Crippen LogP) is 0.775. The molecule has 1 atom stereocenters. The number of hydrogen-bond donors (Lipinski definition) is 2. The Bertz CT molecular complexity index is 396. The van der Waals surface area contributed by atoms with Crippen molar-refractivity contribution < 1.29 is 9.00 Å². The minimum Gasteiger partial charge on any atom is -0.352 e. The lowest BCUT2D eigenvalue weighted by Crippen LogP contribution is -2.43. The van der Waals surface area contributed by atoms with E-state index in [0.29, 0.717) is 11.5 Å². The molecule has 0 aromatic carbocycles. The molecule has 1 aliphatic rings. The molecule has 1 aromatic heterocycles. The van der Waals surface area contributed by atoms with Crippen LogP contribution in [0.1, 0.15) is 23.8 Å². The lowest BCUT2D eigenvalue weighted by molar-refractivity contribution is -0.123. The van der Waals surface area contributed by atoms with Gasteiger partial charge < -0.3 is 11.1 Å². The van der Waals surface area contributed by atoms with E-state index in [0.717, 1.165) is 17.7 Å². The molecule has 3 N–H and O–H groups in total. The predicted molar refractivity (Wildman–Crippen MR) is 70.3 cm³/mol. The van der Waals surface area contributed by atoms with E-state index in [9.17, 15) is 9.00 Å². The second-order valence-electron chi connectivity index (χ2n) is 4.12. The van der Waals surface area contributed by atoms with E-state index >= 15 is 0 Å². The molecule has 0 radical (unpaired) electrons. The molecule has 0 bridgehead atoms. The standard InChI is InChI=1S/C11H16N2O2S2/c12-10(9-2-1-5-16-9)11(14)13-8-3-6-17(15)7-4-8/h1-2,5,8,10H,3-4,6-7,12H2,(H,13,14). The van der Waals surface area contributed by atoms with Crippen LogP contribution in [0, 0.1) is 0 Å². The fourth-order valence-electron chi connectivity index (χ4n) is 1.83. The molecular formula is C11H16N2O2S2. The van der Waals surface area contributed by atoms with Crippen molar-refractivity contribution in [2.75, 3.05) is 11.5 Å². The Labute approximate surface area is 107 Å². The van der Waals surface area contributed by atoms with Crippen LogP contribution in [0.15, 0.2) is 17.5 Å². The molecule has 1 aromatic rings. The Morgan fingerprint density at radius 1 is 1.53 bits per heavy atom. The van der Waals surface area contributed by atoms with Gasteiger partial charge in [-0.2, -0.15) is 0 Å². The smallest absolute Gasteiger partial charge is 0.242 e. The Kier molecular flexibility index (Phi) is 4.31. The van der Waals surface area contributed by atoms with E-state index in [2.05, 4.69) is 5.32 Å². The van der Waals surface area contributed by atoms with Crippen molar-refractivity contribution in [3.8, 4) is 0 Å². The number of amides is 1. The highest BCUT2D eigenvalue weighted by Gasteiger charge is 2.23. The first-order chi connectivity index (χ1) is 8.16. The van der Waals surface area contributed by atoms with Crippen molar-refractivity contribution >= 4 is 28.0 Å². The highest BCUT2D eigenvalue weighted by molar-refractivity contribution is 7.85. The van der Waals surface area contributed by atoms with Crippen LogP contribution in [0.2, 0.25) is 0 Å². The SMILES string of the molecule is NC(C(=O)NC1CCS(=O)CC1)c1cccs1. The zero-order valence-corrected chi connectivity index (χ0v) is 11.1. The number of thiophene rings is 1. The summed E-state index contributed by atoms with van der Waals surface area (Å²) < 4.78 is 11.2. The van der Waals surface area contributed by atoms with Crippen molar-refractivity contribution in [2.24, 2.45) is 5.73 Å². The van der Waals surface area contributed by atoms with Gasteiger partial charge >= 0.3 is 0 Å². The monoisotopic (exact) mass is 272 g/mol. The third kappa shape index (κ3) is 3.37. The molecule has 1 fully saturated rings. The Morgan fingerprint density at radius 3 is 2.82 bits per heavy atom. The molecule has 2 rings (SSSR count). The molecule has 6 heteroatoms. The number of hydrogen-bond acceptors (Lipinski definition) is 4. The average Bonchev–Trinajstić information content (AvgIpc) is 2.84. The maximum Gasteiger partial charge on any atom is 0.242 e. The number of nitrogens with one attached hydrogen (secondary N) is 1. The van der Waals surface area contributed by atoms with Gasteiger partial charge in [-0.25, -0.2) is 0 Å². The van der Waals surface area contributed by atoms with Crippen molar-refractivity contribution in [3.63, 3.8) is 0 Å². The first kappa shape index (κ1) is 12.7. The molecule has 1 saturated heterocycles. The van der Waals surface area contributed by atoms with Gasteiger partial charge in [-0.15, -0.1) is 11.3 Å². The lowest BCUT2D eigenvalue weighted by atomic mass is 10.1. The topological polar surface area (TPSA) is 72.2 Å². The van der Waals surface area contributed by atoms with E-state index in [1.807, 2.05) is 17.5 Å². The van der Waals surface area contributed by atoms with Crippen molar-refractivity contribution in [2.45, 2.75) is 24.9 Å². The van der Waals surface area contributed by atoms with Crippen LogP contribution in [0.3, 0.4) is 0 Å². The highest BCUT2D eigenvalue weighted by Crippen LogP contribution is 2.17. The molecule has 0 spiro atoms. The van der Waals surface area contributed by atoms with Crippen LogP contribution in [0.25, 0.3) is 0 Å². The van der Waals surface area contributed by atoms with Crippen LogP contribution >= 0.6 is 11.3 Å². The van der Waals surface area contributed by atoms with Gasteiger partial charge in [0.15, 0.2) is 0 Å². The molecule has 0 saturated carbocycles. The lowest BCUT2D eigenvalue weighted by Gasteiger charge is -2.23. The van der Waals surface area contributed by atoms with Crippen molar-refractivity contribution in [1.29, 1.82) is 0 Å². The largest absolute Gasteiger partial charge is 0.352 e. The Morgan fingerprint density at radius 2 is 2.24 bits per heavy atom. The molecule has 2 heterocycles. The van der Waals surface area contributed by atoms with Gasteiger partial charge in [0.05, 0.1) is 0 Å². The number of carbonyl (C=O) groups is 1. The minimum atomic E-state index is -0.696. The number of rotatable bonds is 3. The summed E-state index contributed by atoms with van der Waals surface area (Å²) in [6.45, 7) is 0. The highest BCUT2D eigenvalue weighted by atomic mass is 32.2. The average molecular weight is 272 g/mol. The summed E-state index contributed by atoms with van der Waals surface area (Å²) in [6, 6.07) is 3.30. The first-order valence-electron chi connectivity index (χ1n) is 5.61. The van der Waals surface area contributed by atoms with Crippen LogP contribution in [0.4, 0.5) is 0 Å². The second kappa shape index (κ2) is 5.75. The summed E-state index contributed by atoms with van der Waals surface area (Å²) in [6.07, 6.45) is 1.57. The summed E-state index contributed by atoms with van der Waals surface area (Å²) in [7, 11) is -0.696. The normalized spacial score (nSPS) is 26.4. The summed E-state index contributed by atoms with van der Waals surface area (Å²) in [4.78, 5) is 12.8. The van der Waals surface area contributed by atoms with Gasteiger partial charge in [-0.05, 0) is 24.3 Å². The van der Waals surface area contributed by atoms with Crippen LogP contribution in [-0.2, 0) is 15.6 Å². The van der Waals surface area contributed by atoms with Crippen LogP contribution in [0.5, 0.6) is 0 Å². The van der Waals surface area contributed by atoms with Gasteiger partial charge in [-0.3, -0.25) is 9.00 Å². The van der Waals surface area contributed by atoms with Gasteiger partial charge in [0.25, 0.3) is 0 Å². The molecule has 1 unspecified atom stereocenters. The number of nitrogens with two attached hydrogens (primary N) is 1. The second-order valence-corrected chi connectivity index (χ2v) is 6.80. The zero-order chi connectivity index (χ0) is 12.3. The van der Waals surface area contributed by atoms with E-state index in [4.69, 9.17) is 5.73 Å². The minimum absolute atomic E-state index is 0.131. The van der Waals surface area contributed by atoms with Crippen molar-refractivity contribution in [3.05, 3.63) is 22.4 Å². The van der Waals surface area contributed by atoms with Gasteiger partial charge in [0.2, 0.25) is 5.91 Å². The molecular weight excluding hydrogens is 256 g/mol. The molecule has 0 aliphatic carbocycles. The third-order valence-electron chi connectivity index (χ3n) is 2.87. The van der Waals surface area contributed by atoms with Gasteiger partial charge in [0, 0.05) is 33.2 Å². The summed E-state index contributed by atoms with van der Waals surface area (Å²) >= 11 is 1.49. The van der Waals surface area contributed by atoms with Gasteiger partial charge in [0.1, 0.15) is 6.04 Å². The fraction of sp³-hybridized carbons (Fsp3) is 0.545. The summed E-state index contributed by atoms with van der Waals surface area (Å²) in [5.41, 5.74) is 5.87. The molecule has 17 heavy (non-hydrogen) atoms. The molecule has 1 aliphatic heterocycles. The van der Waals surface area contributed by atoms with Gasteiger partial charge in [-0.1, -0.05) is 6.07 Å². The maximum atomic E-state index is 11.9. The quantitative estimate of drug-likeness (QED) is 0.854. The van der Waals surface area contributed by atoms with E-state index < -0.39 is 16.8 Å². The summed E-state index contributed by atoms with van der Waals surface area (Å²) in [5, 5.41) is 4.84.